The highest BCUT2D eigenvalue weighted by atomic mass is 14.9. The number of benzene rings is 2. The summed E-state index contributed by atoms with van der Waals surface area (Å²) in [6.45, 7) is 5.47. The normalized spacial score (nSPS) is 14.4. The predicted molar refractivity (Wildman–Crippen MR) is 90.5 cm³/mol. The molecule has 0 heterocycles. The van der Waals surface area contributed by atoms with E-state index in [1.54, 1.807) is 0 Å². The van der Waals surface area contributed by atoms with Crippen molar-refractivity contribution in [3.05, 3.63) is 59.2 Å². The molecule has 1 fully saturated rings. The molecule has 1 nitrogen and oxygen atoms in total. The first kappa shape index (κ1) is 14.3. The van der Waals surface area contributed by atoms with Gasteiger partial charge in [0.1, 0.15) is 0 Å². The van der Waals surface area contributed by atoms with E-state index >= 15 is 0 Å². The molecule has 0 radical (unpaired) electrons. The molecule has 0 saturated heterocycles. The van der Waals surface area contributed by atoms with Crippen molar-refractivity contribution in [2.45, 2.75) is 52.1 Å². The lowest BCUT2D eigenvalue weighted by Gasteiger charge is -2.13. The summed E-state index contributed by atoms with van der Waals surface area (Å²) >= 11 is 0. The third-order valence-electron chi connectivity index (χ3n) is 4.45. The lowest BCUT2D eigenvalue weighted by atomic mass is 9.94. The molecule has 1 heteroatoms. The van der Waals surface area contributed by atoms with Crippen LogP contribution in [-0.2, 0) is 19.4 Å². The van der Waals surface area contributed by atoms with Crippen LogP contribution in [0.25, 0.3) is 11.1 Å². The van der Waals surface area contributed by atoms with Gasteiger partial charge < -0.3 is 5.32 Å². The van der Waals surface area contributed by atoms with E-state index in [4.69, 9.17) is 0 Å². The average Bonchev–Trinajstić information content (AvgIpc) is 3.37. The minimum Gasteiger partial charge on any atom is -0.310 e. The second kappa shape index (κ2) is 6.44. The van der Waals surface area contributed by atoms with Gasteiger partial charge in [-0.15, -0.1) is 0 Å². The number of hydrogen-bond acceptors (Lipinski definition) is 1. The second-order valence-corrected chi connectivity index (χ2v) is 6.00. The van der Waals surface area contributed by atoms with Crippen LogP contribution in [0.4, 0.5) is 0 Å². The molecule has 110 valence electrons. The SMILES string of the molecule is CCc1ccc(-c2ccccc2CNC2CC2)cc1CC. The first-order valence-electron chi connectivity index (χ1n) is 8.25. The standard InChI is InChI=1S/C20H25N/c1-3-15-9-10-17(13-16(15)4-2)20-8-6-5-7-18(20)14-21-19-11-12-19/h5-10,13,19,21H,3-4,11-12,14H2,1-2H3. The van der Waals surface area contributed by atoms with E-state index in [9.17, 15) is 0 Å². The monoisotopic (exact) mass is 279 g/mol. The van der Waals surface area contributed by atoms with E-state index in [-0.39, 0.29) is 0 Å². The fourth-order valence-electron chi connectivity index (χ4n) is 2.97. The van der Waals surface area contributed by atoms with Gasteiger partial charge in [-0.2, -0.15) is 0 Å². The van der Waals surface area contributed by atoms with Crippen molar-refractivity contribution in [2.24, 2.45) is 0 Å². The second-order valence-electron chi connectivity index (χ2n) is 6.00. The van der Waals surface area contributed by atoms with Crippen LogP contribution in [0, 0.1) is 0 Å². The van der Waals surface area contributed by atoms with Crippen molar-refractivity contribution in [1.29, 1.82) is 0 Å². The van der Waals surface area contributed by atoms with Gasteiger partial charge in [-0.25, -0.2) is 0 Å². The molecule has 0 aliphatic heterocycles. The molecule has 1 N–H and O–H groups in total. The van der Waals surface area contributed by atoms with Gasteiger partial charge in [-0.05, 0) is 53.5 Å². The lowest BCUT2D eigenvalue weighted by molar-refractivity contribution is 0.689. The Morgan fingerprint density at radius 2 is 1.67 bits per heavy atom. The third-order valence-corrected chi connectivity index (χ3v) is 4.45. The Bertz CT molecular complexity index is 611. The molecule has 1 aliphatic carbocycles. The number of nitrogens with one attached hydrogen (secondary N) is 1. The van der Waals surface area contributed by atoms with Gasteiger partial charge in [0.25, 0.3) is 0 Å². The molecule has 0 atom stereocenters. The summed E-state index contributed by atoms with van der Waals surface area (Å²) in [7, 11) is 0. The fourth-order valence-corrected chi connectivity index (χ4v) is 2.97. The van der Waals surface area contributed by atoms with Gasteiger partial charge in [-0.3, -0.25) is 0 Å². The van der Waals surface area contributed by atoms with Crippen LogP contribution in [0.1, 0.15) is 43.4 Å². The molecule has 2 aromatic carbocycles. The number of rotatable bonds is 6. The molecule has 0 bridgehead atoms. The van der Waals surface area contributed by atoms with Crippen LogP contribution < -0.4 is 5.32 Å². The van der Waals surface area contributed by atoms with Crippen LogP contribution >= 0.6 is 0 Å². The quantitative estimate of drug-likeness (QED) is 0.806. The maximum atomic E-state index is 3.63. The molecule has 0 amide bonds. The Labute approximate surface area is 128 Å². The minimum absolute atomic E-state index is 0.756. The van der Waals surface area contributed by atoms with E-state index in [1.807, 2.05) is 0 Å². The average molecular weight is 279 g/mol. The molecule has 1 aliphatic rings. The third kappa shape index (κ3) is 3.36. The van der Waals surface area contributed by atoms with Crippen LogP contribution in [0.5, 0.6) is 0 Å². The Balaban J connectivity index is 1.91. The molecule has 2 aromatic rings. The zero-order chi connectivity index (χ0) is 14.7. The summed E-state index contributed by atoms with van der Waals surface area (Å²) in [5, 5.41) is 3.63. The van der Waals surface area contributed by atoms with Gasteiger partial charge in [0.2, 0.25) is 0 Å². The van der Waals surface area contributed by atoms with E-state index < -0.39 is 0 Å². The van der Waals surface area contributed by atoms with Gasteiger partial charge in [-0.1, -0.05) is 56.3 Å². The van der Waals surface area contributed by atoms with Gasteiger partial charge in [0.05, 0.1) is 0 Å². The molecular weight excluding hydrogens is 254 g/mol. The van der Waals surface area contributed by atoms with E-state index in [0.29, 0.717) is 0 Å². The molecule has 21 heavy (non-hydrogen) atoms. The molecule has 1 saturated carbocycles. The molecule has 0 aromatic heterocycles. The first-order chi connectivity index (χ1) is 10.3. The maximum Gasteiger partial charge on any atom is 0.0214 e. The summed E-state index contributed by atoms with van der Waals surface area (Å²) in [4.78, 5) is 0. The Morgan fingerprint density at radius 1 is 0.905 bits per heavy atom. The minimum atomic E-state index is 0.756. The highest BCUT2D eigenvalue weighted by Gasteiger charge is 2.20. The molecular formula is C20H25N. The lowest BCUT2D eigenvalue weighted by Crippen LogP contribution is -2.15. The van der Waals surface area contributed by atoms with Crippen LogP contribution in [0.15, 0.2) is 42.5 Å². The van der Waals surface area contributed by atoms with Crippen molar-refractivity contribution in [3.63, 3.8) is 0 Å². The van der Waals surface area contributed by atoms with E-state index in [1.165, 1.54) is 40.7 Å². The largest absolute Gasteiger partial charge is 0.310 e. The van der Waals surface area contributed by atoms with Gasteiger partial charge in [0.15, 0.2) is 0 Å². The van der Waals surface area contributed by atoms with Crippen LogP contribution in [0.2, 0.25) is 0 Å². The topological polar surface area (TPSA) is 12.0 Å². The van der Waals surface area contributed by atoms with E-state index in [2.05, 4.69) is 61.6 Å². The Kier molecular flexibility index (Phi) is 4.40. The Morgan fingerprint density at radius 3 is 2.38 bits per heavy atom. The summed E-state index contributed by atoms with van der Waals surface area (Å²) in [5.41, 5.74) is 7.12. The highest BCUT2D eigenvalue weighted by molar-refractivity contribution is 5.68. The zero-order valence-electron chi connectivity index (χ0n) is 13.2. The maximum absolute atomic E-state index is 3.63. The van der Waals surface area contributed by atoms with E-state index in [0.717, 1.165) is 25.4 Å². The predicted octanol–water partition coefficient (Wildman–Crippen LogP) is 4.73. The summed E-state index contributed by atoms with van der Waals surface area (Å²) < 4.78 is 0. The van der Waals surface area contributed by atoms with Crippen LogP contribution in [-0.4, -0.2) is 6.04 Å². The Hall–Kier alpha value is -1.60. The fraction of sp³-hybridized carbons (Fsp3) is 0.400. The molecule has 3 rings (SSSR count). The smallest absolute Gasteiger partial charge is 0.0214 e. The van der Waals surface area contributed by atoms with Crippen molar-refractivity contribution < 1.29 is 0 Å². The molecule has 0 spiro atoms. The van der Waals surface area contributed by atoms with Crippen molar-refractivity contribution in [1.82, 2.24) is 5.32 Å². The number of aryl methyl sites for hydroxylation is 2. The van der Waals surface area contributed by atoms with Gasteiger partial charge >= 0.3 is 0 Å². The zero-order valence-corrected chi connectivity index (χ0v) is 13.2. The van der Waals surface area contributed by atoms with Crippen LogP contribution in [0.3, 0.4) is 0 Å². The highest BCUT2D eigenvalue weighted by Crippen LogP contribution is 2.27. The summed E-state index contributed by atoms with van der Waals surface area (Å²) in [5.74, 6) is 0. The van der Waals surface area contributed by atoms with Crippen molar-refractivity contribution in [3.8, 4) is 11.1 Å². The summed E-state index contributed by atoms with van der Waals surface area (Å²) in [6.07, 6.45) is 4.91. The first-order valence-corrected chi connectivity index (χ1v) is 8.25. The van der Waals surface area contributed by atoms with Crippen molar-refractivity contribution in [2.75, 3.05) is 0 Å². The number of hydrogen-bond donors (Lipinski definition) is 1. The van der Waals surface area contributed by atoms with Gasteiger partial charge in [0, 0.05) is 12.6 Å². The summed E-state index contributed by atoms with van der Waals surface area (Å²) in [6, 6.07) is 16.5. The van der Waals surface area contributed by atoms with Crippen molar-refractivity contribution >= 4 is 0 Å². The molecule has 0 unspecified atom stereocenters.